The van der Waals surface area contributed by atoms with Crippen LogP contribution in [-0.2, 0) is 32.0 Å². The molecule has 3 aromatic heterocycles. The molecule has 0 aliphatic carbocycles. The minimum Gasteiger partial charge on any atom is -0.394 e. The number of nitrogens with one attached hydrogen (secondary N) is 2. The summed E-state index contributed by atoms with van der Waals surface area (Å²) < 4.78 is 23.2. The Balaban J connectivity index is 1.29. The number of fused-ring (bicyclic) bond motifs is 8. The summed E-state index contributed by atoms with van der Waals surface area (Å²) in [5, 5.41) is 81.8. The summed E-state index contributed by atoms with van der Waals surface area (Å²) in [5.74, 6) is -0.0937. The summed E-state index contributed by atoms with van der Waals surface area (Å²) in [5.41, 5.74) is 12.6. The molecule has 10 N–H and O–H groups in total. The molecule has 7 heterocycles. The summed E-state index contributed by atoms with van der Waals surface area (Å²) in [6.45, 7) is 11.4. The quantitative estimate of drug-likeness (QED) is 0.125. The van der Waals surface area contributed by atoms with Crippen LogP contribution in [0.3, 0.4) is 0 Å². The zero-order chi connectivity index (χ0) is 42.4. The highest BCUT2D eigenvalue weighted by Gasteiger charge is 2.45. The zero-order valence-electron chi connectivity index (χ0n) is 34.3. The Morgan fingerprint density at radius 2 is 1.25 bits per heavy atom. The second kappa shape index (κ2) is 17.8. The van der Waals surface area contributed by atoms with E-state index in [0.717, 1.165) is 84.7 Å². The third-order valence-electron chi connectivity index (χ3n) is 12.6. The van der Waals surface area contributed by atoms with Crippen molar-refractivity contribution in [2.75, 3.05) is 19.8 Å². The molecule has 0 radical (unpaired) electrons. The Labute approximate surface area is 342 Å². The van der Waals surface area contributed by atoms with Crippen LogP contribution in [0.25, 0.3) is 33.7 Å². The lowest BCUT2D eigenvalue weighted by molar-refractivity contribution is -0.304. The van der Waals surface area contributed by atoms with Gasteiger partial charge in [-0.05, 0) is 99.1 Å². The fourth-order valence-electron chi connectivity index (χ4n) is 8.72. The van der Waals surface area contributed by atoms with Gasteiger partial charge in [-0.1, -0.05) is 13.8 Å². The summed E-state index contributed by atoms with van der Waals surface area (Å²) in [6.07, 6.45) is -9.74. The second-order valence-electron chi connectivity index (χ2n) is 16.3. The Hall–Kier alpha value is -3.62. The van der Waals surface area contributed by atoms with Gasteiger partial charge in [0.25, 0.3) is 0 Å². The molecule has 322 valence electrons. The fraction of sp³-hybridized carbons (Fsp3) is 0.581. The summed E-state index contributed by atoms with van der Waals surface area (Å²) in [7, 11) is 0. The molecule has 16 nitrogen and oxygen atoms in total. The van der Waals surface area contributed by atoms with Crippen molar-refractivity contribution in [2.45, 2.75) is 141 Å². The van der Waals surface area contributed by atoms with E-state index in [0.29, 0.717) is 12.8 Å². The maximum absolute atomic E-state index is 10.7. The van der Waals surface area contributed by atoms with Gasteiger partial charge in [-0.25, -0.2) is 4.98 Å². The zero-order valence-corrected chi connectivity index (χ0v) is 34.3. The molecule has 0 spiro atoms. The molecule has 16 heteroatoms. The standard InChI is InChI=1S/C43H58N4O12/c1-7-23-19(3)29-14-32-25(17-57-43-41(55)39(53)37(51)34(16-49)59-43)21(5)28(46-32)13-30-20(4)24(9-8-10-56-42-40(54)38(52)36(50)33(15-48)58-42)35(47-30)22(6)27-11-18(2)26(44-27)12-31(23)45-29/h11-14,20,24,33-34,36-43,45-46,48-55H,7-10,15-17H2,1-6H3/t20-,24-,33+,34+,36+,37+,38-,39-,40+,41+,42+,43+/m0/s1. The van der Waals surface area contributed by atoms with Crippen LogP contribution in [0.1, 0.15) is 96.0 Å². The molecule has 4 aliphatic heterocycles. The maximum Gasteiger partial charge on any atom is 0.187 e. The third kappa shape index (κ3) is 8.26. The minimum atomic E-state index is -1.57. The van der Waals surface area contributed by atoms with Crippen LogP contribution in [0, 0.1) is 20.8 Å². The second-order valence-corrected chi connectivity index (χ2v) is 16.3. The van der Waals surface area contributed by atoms with Crippen molar-refractivity contribution < 1.29 is 59.8 Å². The van der Waals surface area contributed by atoms with Crippen molar-refractivity contribution in [2.24, 2.45) is 0 Å². The van der Waals surface area contributed by atoms with E-state index in [1.165, 1.54) is 0 Å². The summed E-state index contributed by atoms with van der Waals surface area (Å²) in [6, 6.07) is 6.14. The number of aromatic amines is 2. The Bertz CT molecular complexity index is 2200. The molecule has 2 saturated heterocycles. The average molecular weight is 823 g/mol. The van der Waals surface area contributed by atoms with E-state index >= 15 is 0 Å². The van der Waals surface area contributed by atoms with Gasteiger partial charge in [-0.2, -0.15) is 0 Å². The van der Waals surface area contributed by atoms with Crippen molar-refractivity contribution in [1.29, 1.82) is 0 Å². The minimum absolute atomic E-state index is 0.0352. The van der Waals surface area contributed by atoms with Gasteiger partial charge in [0.05, 0.1) is 31.2 Å². The van der Waals surface area contributed by atoms with E-state index in [4.69, 9.17) is 28.9 Å². The predicted molar refractivity (Wildman–Crippen MR) is 217 cm³/mol. The van der Waals surface area contributed by atoms with Crippen LogP contribution >= 0.6 is 0 Å². The Morgan fingerprint density at radius 1 is 0.678 bits per heavy atom. The highest BCUT2D eigenvalue weighted by Crippen LogP contribution is 2.42. The van der Waals surface area contributed by atoms with Crippen LogP contribution < -0.4 is 0 Å². The first kappa shape index (κ1) is 43.5. The van der Waals surface area contributed by atoms with Crippen molar-refractivity contribution in [1.82, 2.24) is 19.9 Å². The SMILES string of the molecule is CCc1c(C)c2cc3[nH]c(cc4nc(c(C)c5nc(cc1[nH]2)C(C)=C5)[C@@H](CCCO[C@@H]1O[C@H](CO)[C@@H](O)[C@H](O)[C@H]1O)[C@@H]4C)c(C)c3CO[C@@H]1O[C@H](CO)[C@@H](O)[C@H](O)[C@H]1O. The highest BCUT2D eigenvalue weighted by molar-refractivity contribution is 5.85. The summed E-state index contributed by atoms with van der Waals surface area (Å²) in [4.78, 5) is 17.6. The van der Waals surface area contributed by atoms with Crippen molar-refractivity contribution >= 4 is 33.7 Å². The fourth-order valence-corrected chi connectivity index (χ4v) is 8.72. The van der Waals surface area contributed by atoms with Gasteiger partial charge < -0.3 is 69.8 Å². The topological polar surface area (TPSA) is 256 Å². The number of H-pyrrole nitrogens is 2. The van der Waals surface area contributed by atoms with Gasteiger partial charge in [0.1, 0.15) is 48.8 Å². The lowest BCUT2D eigenvalue weighted by atomic mass is 9.86. The first-order valence-electron chi connectivity index (χ1n) is 20.4. The number of rotatable bonds is 11. The number of aliphatic hydroxyl groups excluding tert-OH is 8. The summed E-state index contributed by atoms with van der Waals surface area (Å²) >= 11 is 0. The number of allylic oxidation sites excluding steroid dienone is 1. The lowest BCUT2D eigenvalue weighted by Crippen LogP contribution is -2.59. The largest absolute Gasteiger partial charge is 0.394 e. The number of ether oxygens (including phenoxy) is 4. The van der Waals surface area contributed by atoms with Gasteiger partial charge >= 0.3 is 0 Å². The molecule has 12 atom stereocenters. The van der Waals surface area contributed by atoms with Crippen LogP contribution in [0.2, 0.25) is 0 Å². The monoisotopic (exact) mass is 822 g/mol. The molecule has 0 aromatic carbocycles. The van der Waals surface area contributed by atoms with Crippen LogP contribution in [0.4, 0.5) is 0 Å². The number of aromatic nitrogens is 4. The predicted octanol–water partition coefficient (Wildman–Crippen LogP) is 2.16. The normalized spacial score (nSPS) is 31.1. The number of hydrogen-bond acceptors (Lipinski definition) is 14. The van der Waals surface area contributed by atoms with Gasteiger partial charge in [-0.15, -0.1) is 0 Å². The molecule has 0 saturated carbocycles. The van der Waals surface area contributed by atoms with E-state index < -0.39 is 74.6 Å². The number of aliphatic hydroxyl groups is 8. The first-order chi connectivity index (χ1) is 28.2. The van der Waals surface area contributed by atoms with E-state index in [1.54, 1.807) is 0 Å². The molecular formula is C43H58N4O12. The van der Waals surface area contributed by atoms with Gasteiger partial charge in [0, 0.05) is 57.5 Å². The molecule has 2 fully saturated rings. The van der Waals surface area contributed by atoms with Crippen molar-refractivity contribution in [3.63, 3.8) is 0 Å². The van der Waals surface area contributed by atoms with E-state index in [1.807, 2.05) is 32.9 Å². The molecule has 7 rings (SSSR count). The molecule has 0 amide bonds. The molecule has 59 heavy (non-hydrogen) atoms. The van der Waals surface area contributed by atoms with Crippen LogP contribution in [-0.4, -0.2) is 142 Å². The molecule has 4 aliphatic rings. The first-order valence-corrected chi connectivity index (χ1v) is 20.4. The molecule has 0 unspecified atom stereocenters. The van der Waals surface area contributed by atoms with E-state index in [-0.39, 0.29) is 25.0 Å². The third-order valence-corrected chi connectivity index (χ3v) is 12.6. The molecular weight excluding hydrogens is 764 g/mol. The Kier molecular flexibility index (Phi) is 13.1. The van der Waals surface area contributed by atoms with Crippen molar-refractivity contribution in [3.8, 4) is 0 Å². The smallest absolute Gasteiger partial charge is 0.187 e. The highest BCUT2D eigenvalue weighted by atomic mass is 16.7. The van der Waals surface area contributed by atoms with Gasteiger partial charge in [0.2, 0.25) is 0 Å². The van der Waals surface area contributed by atoms with Crippen LogP contribution in [0.5, 0.6) is 0 Å². The number of aryl methyl sites for hydroxylation is 3. The van der Waals surface area contributed by atoms with Gasteiger partial charge in [0.15, 0.2) is 12.6 Å². The number of hydrogen-bond donors (Lipinski definition) is 10. The lowest BCUT2D eigenvalue weighted by Gasteiger charge is -2.39. The number of nitrogens with zero attached hydrogens (tertiary/aromatic N) is 2. The van der Waals surface area contributed by atoms with E-state index in [2.05, 4.69) is 42.9 Å². The van der Waals surface area contributed by atoms with Crippen molar-refractivity contribution in [3.05, 3.63) is 68.8 Å². The van der Waals surface area contributed by atoms with Crippen LogP contribution in [0.15, 0.2) is 18.2 Å². The van der Waals surface area contributed by atoms with Gasteiger partial charge in [-0.3, -0.25) is 4.98 Å². The Morgan fingerprint density at radius 3 is 1.86 bits per heavy atom. The average Bonchev–Trinajstić information content (AvgIpc) is 3.92. The molecule has 8 bridgehead atoms. The maximum atomic E-state index is 10.7. The van der Waals surface area contributed by atoms with E-state index in [9.17, 15) is 40.9 Å². The molecule has 3 aromatic rings.